The van der Waals surface area contributed by atoms with Crippen LogP contribution in [0.4, 0.5) is 0 Å². The molecule has 0 aliphatic carbocycles. The quantitative estimate of drug-likeness (QED) is 0.824. The summed E-state index contributed by atoms with van der Waals surface area (Å²) < 4.78 is 16.1. The summed E-state index contributed by atoms with van der Waals surface area (Å²) in [5, 5.41) is 2.90. The first kappa shape index (κ1) is 18.4. The van der Waals surface area contributed by atoms with Crippen LogP contribution in [0.1, 0.15) is 34.1 Å². The van der Waals surface area contributed by atoms with Crippen molar-refractivity contribution in [3.05, 3.63) is 23.3 Å². The highest BCUT2D eigenvalue weighted by atomic mass is 32.2. The Labute approximate surface area is 162 Å². The van der Waals surface area contributed by atoms with Crippen molar-refractivity contribution in [2.24, 2.45) is 5.92 Å². The highest BCUT2D eigenvalue weighted by Crippen LogP contribution is 2.52. The molecule has 0 spiro atoms. The van der Waals surface area contributed by atoms with E-state index in [1.54, 1.807) is 23.8 Å². The lowest BCUT2D eigenvalue weighted by atomic mass is 10.0. The number of hydrogen-bond acceptors (Lipinski definition) is 6. The van der Waals surface area contributed by atoms with Gasteiger partial charge >= 0.3 is 0 Å². The predicted molar refractivity (Wildman–Crippen MR) is 101 cm³/mol. The Bertz CT molecular complexity index is 750. The minimum Gasteiger partial charge on any atom is -0.493 e. The second kappa shape index (κ2) is 7.59. The first-order valence-electron chi connectivity index (χ1n) is 9.20. The summed E-state index contributed by atoms with van der Waals surface area (Å²) in [5.74, 6) is 1.77. The summed E-state index contributed by atoms with van der Waals surface area (Å²) in [4.78, 5) is 27.6. The minimum absolute atomic E-state index is 0.0800. The lowest BCUT2D eigenvalue weighted by Gasteiger charge is -2.25. The Morgan fingerprint density at radius 3 is 2.78 bits per heavy atom. The molecule has 1 aromatic carbocycles. The largest absolute Gasteiger partial charge is 0.493 e. The third-order valence-corrected chi connectivity index (χ3v) is 6.81. The minimum atomic E-state index is -0.463. The maximum Gasteiger partial charge on any atom is 0.260 e. The number of carbonyl (C=O) groups excluding carboxylic acids is 2. The van der Waals surface area contributed by atoms with Gasteiger partial charge in [0.25, 0.3) is 5.91 Å². The molecule has 8 heteroatoms. The molecule has 0 saturated carbocycles. The zero-order valence-corrected chi connectivity index (χ0v) is 16.3. The van der Waals surface area contributed by atoms with Gasteiger partial charge in [0.1, 0.15) is 11.4 Å². The van der Waals surface area contributed by atoms with Crippen molar-refractivity contribution >= 4 is 23.6 Å². The van der Waals surface area contributed by atoms with Gasteiger partial charge in [0.15, 0.2) is 11.5 Å². The van der Waals surface area contributed by atoms with Crippen LogP contribution in [-0.4, -0.2) is 62.5 Å². The fourth-order valence-electron chi connectivity index (χ4n) is 4.01. The Balaban J connectivity index is 1.51. The molecule has 1 N–H and O–H groups in total. The molecule has 4 rings (SSSR count). The van der Waals surface area contributed by atoms with Gasteiger partial charge in [-0.05, 0) is 24.8 Å². The Kier molecular flexibility index (Phi) is 5.19. The monoisotopic (exact) mass is 392 g/mol. The molecule has 3 aliphatic heterocycles. The summed E-state index contributed by atoms with van der Waals surface area (Å²) in [6.45, 7) is 2.15. The van der Waals surface area contributed by atoms with Crippen LogP contribution in [-0.2, 0) is 9.53 Å². The maximum absolute atomic E-state index is 13.1. The van der Waals surface area contributed by atoms with Crippen molar-refractivity contribution in [3.63, 3.8) is 0 Å². The standard InChI is InChI=1S/C19H24N2O5S/c1-24-14-4-3-12-15(16(14)25-2)18(23)21-13(10-27-19(12)21)17(22)20-9-11-5-7-26-8-6-11/h3-4,11,13,19H,5-10H2,1-2H3,(H,20,22)/t13-,19-/m1/s1. The van der Waals surface area contributed by atoms with Crippen molar-refractivity contribution in [3.8, 4) is 11.5 Å². The molecule has 0 aromatic heterocycles. The third kappa shape index (κ3) is 3.14. The molecule has 3 aliphatic rings. The van der Waals surface area contributed by atoms with E-state index in [4.69, 9.17) is 14.2 Å². The van der Waals surface area contributed by atoms with Gasteiger partial charge in [-0.1, -0.05) is 6.07 Å². The van der Waals surface area contributed by atoms with E-state index in [0.717, 1.165) is 31.6 Å². The number of carbonyl (C=O) groups is 2. The second-order valence-electron chi connectivity index (χ2n) is 6.98. The number of nitrogens with one attached hydrogen (secondary N) is 1. The van der Waals surface area contributed by atoms with Gasteiger partial charge in [0.2, 0.25) is 5.91 Å². The number of benzene rings is 1. The summed E-state index contributed by atoms with van der Waals surface area (Å²) in [6, 6.07) is 3.25. The van der Waals surface area contributed by atoms with Gasteiger partial charge in [0.05, 0.1) is 19.8 Å². The van der Waals surface area contributed by atoms with E-state index in [0.29, 0.717) is 35.3 Å². The van der Waals surface area contributed by atoms with Crippen molar-refractivity contribution < 1.29 is 23.8 Å². The van der Waals surface area contributed by atoms with Crippen LogP contribution < -0.4 is 14.8 Å². The smallest absolute Gasteiger partial charge is 0.260 e. The van der Waals surface area contributed by atoms with Gasteiger partial charge in [-0.3, -0.25) is 9.59 Å². The molecule has 0 bridgehead atoms. The molecule has 1 aromatic rings. The van der Waals surface area contributed by atoms with Crippen molar-refractivity contribution in [1.29, 1.82) is 0 Å². The van der Waals surface area contributed by atoms with E-state index in [-0.39, 0.29) is 17.2 Å². The number of hydrogen-bond donors (Lipinski definition) is 1. The number of amides is 2. The van der Waals surface area contributed by atoms with E-state index in [9.17, 15) is 9.59 Å². The summed E-state index contributed by atoms with van der Waals surface area (Å²) in [6.07, 6.45) is 1.93. The van der Waals surface area contributed by atoms with Crippen LogP contribution in [0.25, 0.3) is 0 Å². The lowest BCUT2D eigenvalue weighted by molar-refractivity contribution is -0.125. The van der Waals surface area contributed by atoms with Crippen molar-refractivity contribution in [2.45, 2.75) is 24.3 Å². The molecule has 146 valence electrons. The summed E-state index contributed by atoms with van der Waals surface area (Å²) >= 11 is 1.62. The second-order valence-corrected chi connectivity index (χ2v) is 8.09. The van der Waals surface area contributed by atoms with E-state index >= 15 is 0 Å². The summed E-state index contributed by atoms with van der Waals surface area (Å²) in [5.41, 5.74) is 1.40. The third-order valence-electron chi connectivity index (χ3n) is 5.50. The fourth-order valence-corrected chi connectivity index (χ4v) is 5.46. The molecule has 27 heavy (non-hydrogen) atoms. The number of methoxy groups -OCH3 is 2. The van der Waals surface area contributed by atoms with Crippen LogP contribution in [0.5, 0.6) is 11.5 Å². The number of fused-ring (bicyclic) bond motifs is 3. The van der Waals surface area contributed by atoms with E-state index < -0.39 is 6.04 Å². The zero-order chi connectivity index (χ0) is 19.0. The van der Waals surface area contributed by atoms with Gasteiger partial charge in [0, 0.05) is 31.1 Å². The van der Waals surface area contributed by atoms with Gasteiger partial charge in [-0.15, -0.1) is 11.8 Å². The molecule has 7 nitrogen and oxygen atoms in total. The number of ether oxygens (including phenoxy) is 3. The van der Waals surface area contributed by atoms with Crippen LogP contribution in [0.2, 0.25) is 0 Å². The normalized spacial score (nSPS) is 24.5. The Morgan fingerprint density at radius 2 is 2.07 bits per heavy atom. The average molecular weight is 392 g/mol. The van der Waals surface area contributed by atoms with Crippen LogP contribution >= 0.6 is 11.8 Å². The molecule has 2 fully saturated rings. The van der Waals surface area contributed by atoms with Gasteiger partial charge in [-0.25, -0.2) is 0 Å². The van der Waals surface area contributed by atoms with Crippen molar-refractivity contribution in [2.75, 3.05) is 39.7 Å². The lowest BCUT2D eigenvalue weighted by Crippen LogP contribution is -2.47. The van der Waals surface area contributed by atoms with Gasteiger partial charge in [-0.2, -0.15) is 0 Å². The molecule has 2 amide bonds. The average Bonchev–Trinajstić information content (AvgIpc) is 3.26. The molecule has 0 radical (unpaired) electrons. The molecule has 2 saturated heterocycles. The highest BCUT2D eigenvalue weighted by molar-refractivity contribution is 7.99. The topological polar surface area (TPSA) is 77.1 Å². The first-order chi connectivity index (χ1) is 13.2. The van der Waals surface area contributed by atoms with Crippen LogP contribution in [0.3, 0.4) is 0 Å². The predicted octanol–water partition coefficient (Wildman–Crippen LogP) is 1.82. The van der Waals surface area contributed by atoms with Gasteiger partial charge < -0.3 is 24.4 Å². The molecular weight excluding hydrogens is 368 g/mol. The zero-order valence-electron chi connectivity index (χ0n) is 15.5. The molecule has 2 atom stereocenters. The number of rotatable bonds is 5. The van der Waals surface area contributed by atoms with Crippen LogP contribution in [0, 0.1) is 5.92 Å². The van der Waals surface area contributed by atoms with E-state index in [2.05, 4.69) is 5.32 Å². The number of nitrogens with zero attached hydrogens (tertiary/aromatic N) is 1. The Hall–Kier alpha value is -1.93. The molecule has 0 unspecified atom stereocenters. The fraction of sp³-hybridized carbons (Fsp3) is 0.579. The Morgan fingerprint density at radius 1 is 1.30 bits per heavy atom. The van der Waals surface area contributed by atoms with E-state index in [1.165, 1.54) is 7.11 Å². The number of thioether (sulfide) groups is 1. The molecule has 3 heterocycles. The van der Waals surface area contributed by atoms with Crippen molar-refractivity contribution in [1.82, 2.24) is 10.2 Å². The SMILES string of the molecule is COc1ccc2c(c1OC)C(=O)N1[C@@H](C(=O)NCC3CCOCC3)CS[C@H]21. The first-order valence-corrected chi connectivity index (χ1v) is 10.2. The molecular formula is C19H24N2O5S. The van der Waals surface area contributed by atoms with Crippen LogP contribution in [0.15, 0.2) is 12.1 Å². The highest BCUT2D eigenvalue weighted by Gasteiger charge is 2.50. The maximum atomic E-state index is 13.1. The summed E-state index contributed by atoms with van der Waals surface area (Å²) in [7, 11) is 3.08. The van der Waals surface area contributed by atoms with E-state index in [1.807, 2.05) is 12.1 Å².